The Labute approximate surface area is 141 Å². The Morgan fingerprint density at radius 2 is 2.00 bits per heavy atom. The molecule has 0 atom stereocenters. The van der Waals surface area contributed by atoms with Crippen LogP contribution < -0.4 is 5.73 Å². The molecule has 2 rings (SSSR count). The van der Waals surface area contributed by atoms with Gasteiger partial charge in [0.1, 0.15) is 10.7 Å². The number of rotatable bonds is 4. The average Bonchev–Trinajstić information content (AvgIpc) is 2.94. The number of thiazole rings is 1. The largest absolute Gasteiger partial charge is 0.416 e. The molecule has 2 N–H and O–H groups in total. The minimum Gasteiger partial charge on any atom is -0.336 e. The first-order valence-corrected chi connectivity index (χ1v) is 7.26. The van der Waals surface area contributed by atoms with Gasteiger partial charge in [-0.3, -0.25) is 4.79 Å². The van der Waals surface area contributed by atoms with E-state index in [2.05, 4.69) is 4.98 Å². The first-order chi connectivity index (χ1) is 10.3. The third-order valence-corrected chi connectivity index (χ3v) is 3.89. The Balaban J connectivity index is 0.00000264. The van der Waals surface area contributed by atoms with Gasteiger partial charge in [-0.25, -0.2) is 4.98 Å². The Hall–Kier alpha value is -1.64. The van der Waals surface area contributed by atoms with Crippen LogP contribution in [0.4, 0.5) is 13.2 Å². The fourth-order valence-electron chi connectivity index (χ4n) is 1.96. The second kappa shape index (κ2) is 7.76. The molecule has 126 valence electrons. The van der Waals surface area contributed by atoms with E-state index in [0.29, 0.717) is 5.01 Å². The fraction of sp³-hybridized carbons (Fsp3) is 0.286. The maximum Gasteiger partial charge on any atom is 0.416 e. The van der Waals surface area contributed by atoms with Crippen molar-refractivity contribution >= 4 is 29.7 Å². The highest BCUT2D eigenvalue weighted by molar-refractivity contribution is 7.09. The molecule has 23 heavy (non-hydrogen) atoms. The summed E-state index contributed by atoms with van der Waals surface area (Å²) in [7, 11) is 1.44. The van der Waals surface area contributed by atoms with Crippen molar-refractivity contribution in [2.75, 3.05) is 7.05 Å². The molecule has 0 aliphatic rings. The highest BCUT2D eigenvalue weighted by Gasteiger charge is 2.33. The lowest BCUT2D eigenvalue weighted by atomic mass is 10.1. The number of amides is 1. The smallest absolute Gasteiger partial charge is 0.336 e. The third kappa shape index (κ3) is 4.66. The summed E-state index contributed by atoms with van der Waals surface area (Å²) in [5, 5.41) is 2.16. The number of nitrogens with two attached hydrogens (primary N) is 1. The van der Waals surface area contributed by atoms with Crippen molar-refractivity contribution in [2.45, 2.75) is 19.3 Å². The summed E-state index contributed by atoms with van der Waals surface area (Å²) in [4.78, 5) is 17.4. The minimum absolute atomic E-state index is 0. The van der Waals surface area contributed by atoms with Crippen molar-refractivity contribution in [3.63, 3.8) is 0 Å². The molecule has 4 nitrogen and oxygen atoms in total. The molecule has 1 aromatic heterocycles. The first-order valence-electron chi connectivity index (χ1n) is 6.38. The number of hydrogen-bond donors (Lipinski definition) is 1. The molecular formula is C14H15ClF3N3OS. The monoisotopic (exact) mass is 365 g/mol. The van der Waals surface area contributed by atoms with Crippen molar-refractivity contribution < 1.29 is 18.0 Å². The normalized spacial score (nSPS) is 11.0. The number of carbonyl (C=O) groups excluding carboxylic acids is 1. The van der Waals surface area contributed by atoms with Gasteiger partial charge in [-0.15, -0.1) is 23.7 Å². The average molecular weight is 366 g/mol. The predicted octanol–water partition coefficient (Wildman–Crippen LogP) is 3.31. The van der Waals surface area contributed by atoms with E-state index in [0.717, 1.165) is 6.07 Å². The number of benzene rings is 1. The summed E-state index contributed by atoms with van der Waals surface area (Å²) in [6.07, 6.45) is -4.45. The van der Waals surface area contributed by atoms with Gasteiger partial charge >= 0.3 is 6.18 Å². The number of alkyl halides is 3. The van der Waals surface area contributed by atoms with E-state index in [1.165, 1.54) is 41.5 Å². The van der Waals surface area contributed by atoms with E-state index in [1.54, 1.807) is 5.38 Å². The number of aromatic nitrogens is 1. The molecule has 0 saturated heterocycles. The number of carbonyl (C=O) groups is 1. The molecule has 0 spiro atoms. The van der Waals surface area contributed by atoms with Crippen LogP contribution >= 0.6 is 23.7 Å². The quantitative estimate of drug-likeness (QED) is 0.904. The van der Waals surface area contributed by atoms with Gasteiger partial charge in [0.2, 0.25) is 0 Å². The standard InChI is InChI=1S/C14H14F3N3OS.ClH/c1-20(13(21)11-8-22-12(6-18)19-11)7-9-4-2-3-5-10(9)14(15,16)17;/h2-5,8H,6-7,18H2,1H3;1H. The zero-order valence-electron chi connectivity index (χ0n) is 12.1. The van der Waals surface area contributed by atoms with Crippen molar-refractivity contribution in [3.8, 4) is 0 Å². The van der Waals surface area contributed by atoms with Crippen molar-refractivity contribution in [1.82, 2.24) is 9.88 Å². The third-order valence-electron chi connectivity index (χ3n) is 3.02. The highest BCUT2D eigenvalue weighted by atomic mass is 35.5. The van der Waals surface area contributed by atoms with Crippen LogP contribution in [0.3, 0.4) is 0 Å². The van der Waals surface area contributed by atoms with Gasteiger partial charge in [0, 0.05) is 25.5 Å². The first kappa shape index (κ1) is 19.4. The maximum atomic E-state index is 12.9. The number of nitrogens with zero attached hydrogens (tertiary/aromatic N) is 2. The molecule has 0 aliphatic heterocycles. The van der Waals surface area contributed by atoms with Gasteiger partial charge in [0.25, 0.3) is 5.91 Å². The second-order valence-electron chi connectivity index (χ2n) is 4.65. The van der Waals surface area contributed by atoms with Gasteiger partial charge in [-0.1, -0.05) is 18.2 Å². The van der Waals surface area contributed by atoms with Gasteiger partial charge in [-0.05, 0) is 11.6 Å². The Morgan fingerprint density at radius 1 is 1.35 bits per heavy atom. The molecule has 0 bridgehead atoms. The summed E-state index contributed by atoms with van der Waals surface area (Å²) >= 11 is 1.25. The zero-order valence-corrected chi connectivity index (χ0v) is 13.8. The fourth-order valence-corrected chi connectivity index (χ4v) is 2.61. The van der Waals surface area contributed by atoms with Gasteiger partial charge in [0.15, 0.2) is 0 Å². The summed E-state index contributed by atoms with van der Waals surface area (Å²) in [5.41, 5.74) is 4.92. The van der Waals surface area contributed by atoms with Crippen LogP contribution in [0.2, 0.25) is 0 Å². The van der Waals surface area contributed by atoms with E-state index in [4.69, 9.17) is 5.73 Å². The van der Waals surface area contributed by atoms with Crippen LogP contribution in [0.1, 0.15) is 26.6 Å². The van der Waals surface area contributed by atoms with Crippen LogP contribution in [0, 0.1) is 0 Å². The molecule has 1 amide bonds. The molecule has 0 aliphatic carbocycles. The summed E-state index contributed by atoms with van der Waals surface area (Å²) in [6.45, 7) is 0.0720. The Kier molecular flexibility index (Phi) is 6.55. The van der Waals surface area contributed by atoms with E-state index in [1.807, 2.05) is 0 Å². The van der Waals surface area contributed by atoms with E-state index >= 15 is 0 Å². The van der Waals surface area contributed by atoms with Crippen LogP contribution in [-0.4, -0.2) is 22.8 Å². The lowest BCUT2D eigenvalue weighted by Gasteiger charge is -2.19. The van der Waals surface area contributed by atoms with Crippen LogP contribution in [0.25, 0.3) is 0 Å². The molecule has 9 heteroatoms. The zero-order chi connectivity index (χ0) is 16.3. The lowest BCUT2D eigenvalue weighted by molar-refractivity contribution is -0.138. The Morgan fingerprint density at radius 3 is 2.57 bits per heavy atom. The molecular weight excluding hydrogens is 351 g/mol. The molecule has 0 fully saturated rings. The van der Waals surface area contributed by atoms with Gasteiger partial charge in [-0.2, -0.15) is 13.2 Å². The summed E-state index contributed by atoms with van der Waals surface area (Å²) in [5.74, 6) is -0.437. The van der Waals surface area contributed by atoms with Crippen LogP contribution in [-0.2, 0) is 19.3 Å². The highest BCUT2D eigenvalue weighted by Crippen LogP contribution is 2.32. The SMILES string of the molecule is CN(Cc1ccccc1C(F)(F)F)C(=O)c1csc(CN)n1.Cl. The number of hydrogen-bond acceptors (Lipinski definition) is 4. The van der Waals surface area contributed by atoms with E-state index in [9.17, 15) is 18.0 Å². The van der Waals surface area contributed by atoms with Gasteiger partial charge < -0.3 is 10.6 Å². The van der Waals surface area contributed by atoms with Crippen molar-refractivity contribution in [2.24, 2.45) is 5.73 Å². The summed E-state index contributed by atoms with van der Waals surface area (Å²) in [6, 6.07) is 5.20. The van der Waals surface area contributed by atoms with Crippen molar-refractivity contribution in [1.29, 1.82) is 0 Å². The molecule has 1 heterocycles. The molecule has 1 aromatic carbocycles. The van der Waals surface area contributed by atoms with Crippen LogP contribution in [0.5, 0.6) is 0 Å². The summed E-state index contributed by atoms with van der Waals surface area (Å²) < 4.78 is 38.8. The minimum atomic E-state index is -4.45. The van der Waals surface area contributed by atoms with E-state index in [-0.39, 0.29) is 36.8 Å². The molecule has 2 aromatic rings. The molecule has 0 unspecified atom stereocenters. The molecule has 0 radical (unpaired) electrons. The lowest BCUT2D eigenvalue weighted by Crippen LogP contribution is -2.27. The topological polar surface area (TPSA) is 59.2 Å². The maximum absolute atomic E-state index is 12.9. The predicted molar refractivity (Wildman–Crippen MR) is 84.5 cm³/mol. The van der Waals surface area contributed by atoms with Gasteiger partial charge in [0.05, 0.1) is 5.56 Å². The molecule has 0 saturated carbocycles. The Bertz CT molecular complexity index is 675. The second-order valence-corrected chi connectivity index (χ2v) is 5.59. The van der Waals surface area contributed by atoms with Crippen molar-refractivity contribution in [3.05, 3.63) is 51.5 Å². The van der Waals surface area contributed by atoms with E-state index < -0.39 is 17.6 Å². The number of halogens is 4. The van der Waals surface area contributed by atoms with Crippen LogP contribution in [0.15, 0.2) is 29.6 Å².